The molecule has 3 heteroatoms. The highest BCUT2D eigenvalue weighted by molar-refractivity contribution is 6.08. The van der Waals surface area contributed by atoms with Gasteiger partial charge >= 0.3 is 0 Å². The monoisotopic (exact) mass is 468 g/mol. The van der Waals surface area contributed by atoms with Crippen LogP contribution in [0.3, 0.4) is 0 Å². The topological polar surface area (TPSA) is 57.5 Å². The first-order valence-corrected chi connectivity index (χ1v) is 12.9. The van der Waals surface area contributed by atoms with Crippen LogP contribution in [0, 0.1) is 5.41 Å². The van der Waals surface area contributed by atoms with Gasteiger partial charge in [-0.25, -0.2) is 0 Å². The van der Waals surface area contributed by atoms with Crippen LogP contribution < -0.4 is 0 Å². The molecular formula is C31H48O3. The van der Waals surface area contributed by atoms with Crippen LogP contribution in [0.5, 0.6) is 0 Å². The summed E-state index contributed by atoms with van der Waals surface area (Å²) in [7, 11) is 0. The molecule has 2 aromatic carbocycles. The van der Waals surface area contributed by atoms with Gasteiger partial charge in [0.15, 0.2) is 5.78 Å². The molecule has 34 heavy (non-hydrogen) atoms. The summed E-state index contributed by atoms with van der Waals surface area (Å²) in [6.45, 7) is 14.4. The molecule has 2 unspecified atom stereocenters. The molecule has 0 heterocycles. The van der Waals surface area contributed by atoms with Crippen LogP contribution in [0.15, 0.2) is 73.3 Å². The van der Waals surface area contributed by atoms with Gasteiger partial charge in [-0.2, -0.15) is 0 Å². The number of rotatable bonds is 12. The number of ketones is 1. The normalized spacial score (nSPS) is 12.3. The molecule has 0 saturated carbocycles. The summed E-state index contributed by atoms with van der Waals surface area (Å²) in [5, 5.41) is 17.8. The Morgan fingerprint density at radius 2 is 1.32 bits per heavy atom. The molecule has 0 spiro atoms. The van der Waals surface area contributed by atoms with E-state index in [0.717, 1.165) is 24.0 Å². The summed E-state index contributed by atoms with van der Waals surface area (Å²) >= 11 is 0. The molecule has 0 aliphatic carbocycles. The van der Waals surface area contributed by atoms with Gasteiger partial charge in [0.2, 0.25) is 0 Å². The number of hydrogen-bond donors (Lipinski definition) is 2. The molecule has 0 fully saturated rings. The Balaban J connectivity index is 0.000000497. The number of allylic oxidation sites excluding steroid dienone is 1. The molecule has 0 aromatic heterocycles. The van der Waals surface area contributed by atoms with E-state index in [4.69, 9.17) is 10.2 Å². The van der Waals surface area contributed by atoms with Crippen LogP contribution in [0.4, 0.5) is 0 Å². The Morgan fingerprint density at radius 3 is 1.65 bits per heavy atom. The van der Waals surface area contributed by atoms with E-state index in [1.54, 1.807) is 6.92 Å². The van der Waals surface area contributed by atoms with Crippen molar-refractivity contribution in [3.05, 3.63) is 84.4 Å². The van der Waals surface area contributed by atoms with Crippen LogP contribution in [0.2, 0.25) is 0 Å². The van der Waals surface area contributed by atoms with E-state index in [0.29, 0.717) is 11.8 Å². The number of benzene rings is 2. The maximum absolute atomic E-state index is 11.8. The highest BCUT2D eigenvalue weighted by atomic mass is 16.3. The van der Waals surface area contributed by atoms with E-state index >= 15 is 0 Å². The predicted octanol–water partition coefficient (Wildman–Crippen LogP) is 8.00. The molecule has 190 valence electrons. The summed E-state index contributed by atoms with van der Waals surface area (Å²) < 4.78 is 0. The number of hydrogen-bond acceptors (Lipinski definition) is 3. The third kappa shape index (κ3) is 13.5. The fraction of sp³-hybridized carbons (Fsp3) is 0.516. The van der Waals surface area contributed by atoms with Crippen molar-refractivity contribution in [3.63, 3.8) is 0 Å². The standard InChI is InChI=1S/C13H10O.C11H22.C7H16O2/c14-13(11-7-3-1-4-8-11)12-9-5-2-6-10-12;1-5-9-10-11(6-2,7-3)8-4;1-3-4-7(9)5-6(2)8/h1-10H;5H,1,6-10H2,2-4H3;6-9H,3-5H2,1-2H3. The Kier molecular flexibility index (Phi) is 17.9. The van der Waals surface area contributed by atoms with Crippen molar-refractivity contribution in [2.75, 3.05) is 0 Å². The average molecular weight is 469 g/mol. The van der Waals surface area contributed by atoms with Gasteiger partial charge in [0.05, 0.1) is 12.2 Å². The highest BCUT2D eigenvalue weighted by Crippen LogP contribution is 2.35. The van der Waals surface area contributed by atoms with Gasteiger partial charge in [0.25, 0.3) is 0 Å². The second-order valence-electron chi connectivity index (χ2n) is 8.98. The van der Waals surface area contributed by atoms with Crippen molar-refractivity contribution >= 4 is 5.78 Å². The SMILES string of the molecule is C=CCCC(CC)(CC)CC.CCCC(O)CC(C)O.O=C(c1ccccc1)c1ccccc1. The molecule has 2 aromatic rings. The van der Waals surface area contributed by atoms with E-state index < -0.39 is 0 Å². The fourth-order valence-corrected chi connectivity index (χ4v) is 3.88. The van der Waals surface area contributed by atoms with Gasteiger partial charge in [-0.1, -0.05) is 120 Å². The fourth-order valence-electron chi connectivity index (χ4n) is 3.88. The summed E-state index contributed by atoms with van der Waals surface area (Å²) in [4.78, 5) is 11.8. The van der Waals surface area contributed by atoms with Crippen LogP contribution in [0.1, 0.15) is 102 Å². The zero-order chi connectivity index (χ0) is 25.8. The van der Waals surface area contributed by atoms with E-state index in [-0.39, 0.29) is 18.0 Å². The lowest BCUT2D eigenvalue weighted by atomic mass is 9.76. The Labute approximate surface area is 208 Å². The number of aliphatic hydroxyl groups is 2. The molecule has 0 saturated heterocycles. The van der Waals surface area contributed by atoms with Crippen molar-refractivity contribution < 1.29 is 15.0 Å². The second-order valence-corrected chi connectivity index (χ2v) is 8.98. The van der Waals surface area contributed by atoms with Crippen molar-refractivity contribution in [1.82, 2.24) is 0 Å². The molecule has 3 nitrogen and oxygen atoms in total. The molecule has 0 radical (unpaired) electrons. The van der Waals surface area contributed by atoms with Crippen molar-refractivity contribution in [2.45, 2.75) is 98.2 Å². The largest absolute Gasteiger partial charge is 0.393 e. The zero-order valence-electron chi connectivity index (χ0n) is 22.2. The summed E-state index contributed by atoms with van der Waals surface area (Å²) in [5.41, 5.74) is 2.08. The summed E-state index contributed by atoms with van der Waals surface area (Å²) in [6.07, 6.45) is 10.1. The van der Waals surface area contributed by atoms with Gasteiger partial charge in [-0.05, 0) is 38.0 Å². The van der Waals surface area contributed by atoms with Gasteiger partial charge in [0.1, 0.15) is 0 Å². The molecule has 0 aliphatic rings. The Bertz CT molecular complexity index is 699. The zero-order valence-corrected chi connectivity index (χ0v) is 22.2. The Hall–Kier alpha value is -2.23. The minimum Gasteiger partial charge on any atom is -0.393 e. The quantitative estimate of drug-likeness (QED) is 0.245. The number of aliphatic hydroxyl groups excluding tert-OH is 2. The Morgan fingerprint density at radius 1 is 0.882 bits per heavy atom. The third-order valence-corrected chi connectivity index (χ3v) is 6.44. The van der Waals surface area contributed by atoms with Crippen LogP contribution in [-0.2, 0) is 0 Å². The van der Waals surface area contributed by atoms with Gasteiger partial charge in [0, 0.05) is 11.1 Å². The maximum atomic E-state index is 11.8. The van der Waals surface area contributed by atoms with Crippen LogP contribution >= 0.6 is 0 Å². The second kappa shape index (κ2) is 19.1. The third-order valence-electron chi connectivity index (χ3n) is 6.44. The molecule has 0 amide bonds. The van der Waals surface area contributed by atoms with Crippen molar-refractivity contribution in [3.8, 4) is 0 Å². The van der Waals surface area contributed by atoms with Crippen molar-refractivity contribution in [2.24, 2.45) is 5.41 Å². The molecule has 2 atom stereocenters. The minimum atomic E-state index is -0.369. The summed E-state index contributed by atoms with van der Waals surface area (Å²) in [5.74, 6) is 0.0752. The minimum absolute atomic E-state index is 0.0752. The first-order valence-electron chi connectivity index (χ1n) is 12.9. The smallest absolute Gasteiger partial charge is 0.193 e. The van der Waals surface area contributed by atoms with E-state index in [1.165, 1.54) is 32.1 Å². The molecule has 2 N–H and O–H groups in total. The van der Waals surface area contributed by atoms with E-state index in [9.17, 15) is 4.79 Å². The molecule has 2 rings (SSSR count). The molecule has 0 aliphatic heterocycles. The van der Waals surface area contributed by atoms with Crippen molar-refractivity contribution in [1.29, 1.82) is 0 Å². The highest BCUT2D eigenvalue weighted by Gasteiger charge is 2.22. The van der Waals surface area contributed by atoms with Crippen LogP contribution in [0.25, 0.3) is 0 Å². The lowest BCUT2D eigenvalue weighted by Crippen LogP contribution is -2.16. The predicted molar refractivity (Wildman–Crippen MR) is 146 cm³/mol. The van der Waals surface area contributed by atoms with Gasteiger partial charge < -0.3 is 10.2 Å². The number of carbonyl (C=O) groups excluding carboxylic acids is 1. The first-order chi connectivity index (χ1) is 16.3. The van der Waals surface area contributed by atoms with Gasteiger partial charge in [-0.15, -0.1) is 6.58 Å². The lowest BCUT2D eigenvalue weighted by Gasteiger charge is -2.29. The molecule has 0 bridgehead atoms. The maximum Gasteiger partial charge on any atom is 0.193 e. The van der Waals surface area contributed by atoms with Crippen LogP contribution in [-0.4, -0.2) is 28.2 Å². The van der Waals surface area contributed by atoms with E-state index in [1.807, 2.05) is 73.7 Å². The average Bonchev–Trinajstić information content (AvgIpc) is 2.86. The summed E-state index contributed by atoms with van der Waals surface area (Å²) in [6, 6.07) is 18.6. The van der Waals surface area contributed by atoms with Gasteiger partial charge in [-0.3, -0.25) is 4.79 Å². The first kappa shape index (κ1) is 31.8. The van der Waals surface area contributed by atoms with E-state index in [2.05, 4.69) is 27.4 Å². The lowest BCUT2D eigenvalue weighted by molar-refractivity contribution is 0.0847. The molecular weight excluding hydrogens is 420 g/mol. The number of carbonyl (C=O) groups is 1.